The van der Waals surface area contributed by atoms with E-state index in [4.69, 9.17) is 4.99 Å². The molecule has 1 aliphatic rings. The first-order valence-corrected chi connectivity index (χ1v) is 9.85. The van der Waals surface area contributed by atoms with Crippen molar-refractivity contribution in [3.63, 3.8) is 0 Å². The first kappa shape index (κ1) is 19.3. The summed E-state index contributed by atoms with van der Waals surface area (Å²) in [5.74, 6) is 1.69. The molecule has 2 heterocycles. The number of nitrogens with zero attached hydrogens (tertiary/aromatic N) is 4. The van der Waals surface area contributed by atoms with Gasteiger partial charge < -0.3 is 19.7 Å². The summed E-state index contributed by atoms with van der Waals surface area (Å²) in [5, 5.41) is 3.44. The fourth-order valence-corrected chi connectivity index (χ4v) is 3.89. The second-order valence-electron chi connectivity index (χ2n) is 6.71. The van der Waals surface area contributed by atoms with Crippen LogP contribution in [0.4, 0.5) is 0 Å². The zero-order valence-electron chi connectivity index (χ0n) is 15.6. The predicted molar refractivity (Wildman–Crippen MR) is 105 cm³/mol. The lowest BCUT2D eigenvalue weighted by Gasteiger charge is -2.31. The lowest BCUT2D eigenvalue weighted by atomic mass is 9.98. The van der Waals surface area contributed by atoms with Crippen molar-refractivity contribution in [3.8, 4) is 0 Å². The van der Waals surface area contributed by atoms with Gasteiger partial charge >= 0.3 is 0 Å². The summed E-state index contributed by atoms with van der Waals surface area (Å²) in [7, 11) is 4.20. The molecule has 1 aromatic heterocycles. The van der Waals surface area contributed by atoms with Crippen molar-refractivity contribution in [1.82, 2.24) is 19.7 Å². The Morgan fingerprint density at radius 2 is 2.25 bits per heavy atom. The van der Waals surface area contributed by atoms with Crippen molar-refractivity contribution in [3.05, 3.63) is 22.4 Å². The Labute approximate surface area is 155 Å². The molecule has 6 heteroatoms. The Bertz CT molecular complexity index is 540. The molecule has 0 aromatic carbocycles. The Balaban J connectivity index is 1.97. The quantitative estimate of drug-likeness (QED) is 0.591. The van der Waals surface area contributed by atoms with Crippen molar-refractivity contribution < 1.29 is 0 Å². The van der Waals surface area contributed by atoms with Crippen molar-refractivity contribution in [2.24, 2.45) is 18.0 Å². The fourth-order valence-electron chi connectivity index (χ4n) is 3.31. The van der Waals surface area contributed by atoms with Gasteiger partial charge in [0.1, 0.15) is 0 Å². The second kappa shape index (κ2) is 9.47. The van der Waals surface area contributed by atoms with E-state index in [0.29, 0.717) is 5.92 Å². The lowest BCUT2D eigenvalue weighted by molar-refractivity contribution is 0.186. The van der Waals surface area contributed by atoms with Gasteiger partial charge in [0.15, 0.2) is 5.96 Å². The van der Waals surface area contributed by atoms with E-state index in [9.17, 15) is 0 Å². The molecule has 136 valence electrons. The van der Waals surface area contributed by atoms with E-state index in [1.165, 1.54) is 31.6 Å². The molecule has 0 aliphatic carbocycles. The Hall–Kier alpha value is -1.01. The van der Waals surface area contributed by atoms with Gasteiger partial charge in [-0.05, 0) is 60.8 Å². The monoisotopic (exact) mass is 397 g/mol. The first-order chi connectivity index (χ1) is 11.5. The minimum Gasteiger partial charge on any atom is -0.357 e. The molecule has 1 aliphatic heterocycles. The van der Waals surface area contributed by atoms with Gasteiger partial charge in [0.25, 0.3) is 0 Å². The van der Waals surface area contributed by atoms with Gasteiger partial charge in [0, 0.05) is 50.1 Å². The first-order valence-electron chi connectivity index (χ1n) is 9.06. The molecule has 1 saturated heterocycles. The largest absolute Gasteiger partial charge is 0.357 e. The standard InChI is InChI=1S/C18H32BrN5/c1-5-20-18(21-11-15-8-7-9-24(6-2)12-15)23(4)14-17-10-16(19)13-22(17)3/h10,13,15H,5-9,11-12,14H2,1-4H3,(H,20,21). The van der Waals surface area contributed by atoms with Gasteiger partial charge in [-0.3, -0.25) is 4.99 Å². The average Bonchev–Trinajstić information content (AvgIpc) is 2.88. The van der Waals surface area contributed by atoms with Crippen LogP contribution in [0.3, 0.4) is 0 Å². The number of likely N-dealkylation sites (tertiary alicyclic amines) is 1. The summed E-state index contributed by atoms with van der Waals surface area (Å²) < 4.78 is 3.28. The normalized spacial score (nSPS) is 19.5. The molecule has 0 spiro atoms. The minimum atomic E-state index is 0.685. The van der Waals surface area contributed by atoms with Crippen LogP contribution in [0.15, 0.2) is 21.7 Å². The number of aromatic nitrogens is 1. The Morgan fingerprint density at radius 3 is 2.88 bits per heavy atom. The molecule has 1 fully saturated rings. The third kappa shape index (κ3) is 5.52. The zero-order chi connectivity index (χ0) is 17.5. The number of nitrogens with one attached hydrogen (secondary N) is 1. The number of piperidine rings is 1. The fraction of sp³-hybridized carbons (Fsp3) is 0.722. The van der Waals surface area contributed by atoms with Crippen LogP contribution < -0.4 is 5.32 Å². The maximum atomic E-state index is 4.92. The van der Waals surface area contributed by atoms with Crippen LogP contribution in [0.2, 0.25) is 0 Å². The average molecular weight is 398 g/mol. The van der Waals surface area contributed by atoms with Crippen LogP contribution >= 0.6 is 15.9 Å². The molecule has 1 aromatic rings. The van der Waals surface area contributed by atoms with Crippen LogP contribution in [0.1, 0.15) is 32.4 Å². The third-order valence-electron chi connectivity index (χ3n) is 4.72. The summed E-state index contributed by atoms with van der Waals surface area (Å²) in [4.78, 5) is 9.68. The number of hydrogen-bond acceptors (Lipinski definition) is 2. The molecule has 24 heavy (non-hydrogen) atoms. The predicted octanol–water partition coefficient (Wildman–Crippen LogP) is 2.92. The van der Waals surface area contributed by atoms with Crippen molar-refractivity contribution >= 4 is 21.9 Å². The van der Waals surface area contributed by atoms with Gasteiger partial charge in [0.2, 0.25) is 0 Å². The maximum absolute atomic E-state index is 4.92. The molecule has 0 saturated carbocycles. The van der Waals surface area contributed by atoms with E-state index in [2.05, 4.69) is 75.8 Å². The van der Waals surface area contributed by atoms with E-state index >= 15 is 0 Å². The second-order valence-corrected chi connectivity index (χ2v) is 7.63. The lowest BCUT2D eigenvalue weighted by Crippen LogP contribution is -2.40. The summed E-state index contributed by atoms with van der Waals surface area (Å²) in [6.45, 7) is 10.6. The molecule has 2 rings (SSSR count). The number of hydrogen-bond donors (Lipinski definition) is 1. The minimum absolute atomic E-state index is 0.685. The number of aliphatic imine (C=N–C) groups is 1. The smallest absolute Gasteiger partial charge is 0.194 e. The van der Waals surface area contributed by atoms with Gasteiger partial charge in [-0.25, -0.2) is 0 Å². The molecule has 1 atom stereocenters. The number of guanidine groups is 1. The highest BCUT2D eigenvalue weighted by Crippen LogP contribution is 2.17. The van der Waals surface area contributed by atoms with Gasteiger partial charge in [-0.15, -0.1) is 0 Å². The molecule has 0 amide bonds. The summed E-state index contributed by atoms with van der Waals surface area (Å²) in [6, 6.07) is 2.17. The summed E-state index contributed by atoms with van der Waals surface area (Å²) >= 11 is 3.55. The van der Waals surface area contributed by atoms with Crippen LogP contribution in [-0.2, 0) is 13.6 Å². The molecular weight excluding hydrogens is 366 g/mol. The van der Waals surface area contributed by atoms with Crippen LogP contribution in [0.5, 0.6) is 0 Å². The van der Waals surface area contributed by atoms with Crippen molar-refractivity contribution in [2.45, 2.75) is 33.2 Å². The highest BCUT2D eigenvalue weighted by atomic mass is 79.9. The topological polar surface area (TPSA) is 35.8 Å². The van der Waals surface area contributed by atoms with E-state index < -0.39 is 0 Å². The highest BCUT2D eigenvalue weighted by molar-refractivity contribution is 9.10. The Kier molecular flexibility index (Phi) is 7.62. The number of halogens is 1. The molecule has 5 nitrogen and oxygen atoms in total. The third-order valence-corrected chi connectivity index (χ3v) is 5.15. The number of rotatable bonds is 6. The van der Waals surface area contributed by atoms with Crippen LogP contribution in [0.25, 0.3) is 0 Å². The van der Waals surface area contributed by atoms with Crippen LogP contribution in [0, 0.1) is 5.92 Å². The van der Waals surface area contributed by atoms with Crippen molar-refractivity contribution in [2.75, 3.05) is 39.8 Å². The van der Waals surface area contributed by atoms with E-state index in [0.717, 1.165) is 36.6 Å². The van der Waals surface area contributed by atoms with E-state index in [1.54, 1.807) is 0 Å². The Morgan fingerprint density at radius 1 is 1.46 bits per heavy atom. The van der Waals surface area contributed by atoms with Crippen molar-refractivity contribution in [1.29, 1.82) is 0 Å². The zero-order valence-corrected chi connectivity index (χ0v) is 17.1. The molecule has 0 radical (unpaired) electrons. The molecule has 1 N–H and O–H groups in total. The molecular formula is C18H32BrN5. The highest BCUT2D eigenvalue weighted by Gasteiger charge is 2.19. The van der Waals surface area contributed by atoms with Gasteiger partial charge in [-0.2, -0.15) is 0 Å². The van der Waals surface area contributed by atoms with Crippen LogP contribution in [-0.4, -0.2) is 60.1 Å². The van der Waals surface area contributed by atoms with Gasteiger partial charge in [0.05, 0.1) is 6.54 Å². The molecule has 0 bridgehead atoms. The van der Waals surface area contributed by atoms with E-state index in [1.807, 2.05) is 0 Å². The van der Waals surface area contributed by atoms with Gasteiger partial charge in [-0.1, -0.05) is 6.92 Å². The van der Waals surface area contributed by atoms with E-state index in [-0.39, 0.29) is 0 Å². The summed E-state index contributed by atoms with van der Waals surface area (Å²) in [6.07, 6.45) is 4.69. The molecule has 1 unspecified atom stereocenters. The maximum Gasteiger partial charge on any atom is 0.194 e. The number of aryl methyl sites for hydroxylation is 1. The SMILES string of the molecule is CCNC(=NCC1CCCN(CC)C1)N(C)Cc1cc(Br)cn1C. The summed E-state index contributed by atoms with van der Waals surface area (Å²) in [5.41, 5.74) is 1.27.